The number of rotatable bonds is 0. The van der Waals surface area contributed by atoms with Crippen LogP contribution in [0.3, 0.4) is 0 Å². The monoisotopic (exact) mass is 279 g/mol. The Hall–Kier alpha value is -1.93. The van der Waals surface area contributed by atoms with Gasteiger partial charge in [-0.2, -0.15) is 0 Å². The molecule has 100 valence electrons. The molecule has 1 aliphatic rings. The lowest BCUT2D eigenvalue weighted by Crippen LogP contribution is -2.42. The van der Waals surface area contributed by atoms with Crippen LogP contribution in [-0.4, -0.2) is 33.7 Å². The van der Waals surface area contributed by atoms with Crippen molar-refractivity contribution in [1.82, 2.24) is 9.88 Å². The first-order valence-corrected chi connectivity index (χ1v) is 6.38. The molecule has 0 radical (unpaired) electrons. The van der Waals surface area contributed by atoms with Gasteiger partial charge < -0.3 is 10.8 Å². The molecule has 1 unspecified atom stereocenters. The van der Waals surface area contributed by atoms with Crippen molar-refractivity contribution in [3.8, 4) is 11.8 Å². The standard InChI is InChI=1S/C13H14ClN3O2/c14-11-6-7-16-12(15)10(11)5-4-9-3-1-2-8-17(9)13(18)19/h6-7,9H,1-3,8H2,(H2,15,16)(H,18,19). The molecule has 3 N–H and O–H groups in total. The van der Waals surface area contributed by atoms with E-state index in [1.54, 1.807) is 6.07 Å². The fourth-order valence-electron chi connectivity index (χ4n) is 2.04. The van der Waals surface area contributed by atoms with E-state index in [-0.39, 0.29) is 11.9 Å². The van der Waals surface area contributed by atoms with Gasteiger partial charge in [-0.15, -0.1) is 0 Å². The van der Waals surface area contributed by atoms with Gasteiger partial charge in [0.2, 0.25) is 0 Å². The number of nitrogens with two attached hydrogens (primary N) is 1. The van der Waals surface area contributed by atoms with E-state index in [9.17, 15) is 4.79 Å². The summed E-state index contributed by atoms with van der Waals surface area (Å²) in [7, 11) is 0. The topological polar surface area (TPSA) is 79.5 Å². The first-order chi connectivity index (χ1) is 9.09. The molecular weight excluding hydrogens is 266 g/mol. The van der Waals surface area contributed by atoms with E-state index in [1.807, 2.05) is 0 Å². The van der Waals surface area contributed by atoms with Gasteiger partial charge in [-0.1, -0.05) is 23.4 Å². The Morgan fingerprint density at radius 1 is 1.58 bits per heavy atom. The number of carbonyl (C=O) groups is 1. The number of aromatic nitrogens is 1. The minimum atomic E-state index is -0.941. The van der Waals surface area contributed by atoms with Gasteiger partial charge in [0.25, 0.3) is 0 Å². The zero-order valence-corrected chi connectivity index (χ0v) is 11.0. The molecule has 2 heterocycles. The Morgan fingerprint density at radius 2 is 2.37 bits per heavy atom. The fourth-order valence-corrected chi connectivity index (χ4v) is 2.24. The van der Waals surface area contributed by atoms with Crippen LogP contribution in [0.4, 0.5) is 10.6 Å². The Labute approximate surface area is 116 Å². The number of piperidine rings is 1. The predicted molar refractivity (Wildman–Crippen MR) is 72.9 cm³/mol. The highest BCUT2D eigenvalue weighted by atomic mass is 35.5. The number of nitrogens with zero attached hydrogens (tertiary/aromatic N) is 2. The highest BCUT2D eigenvalue weighted by Gasteiger charge is 2.24. The third-order valence-corrected chi connectivity index (χ3v) is 3.36. The van der Waals surface area contributed by atoms with Crippen LogP contribution in [0.5, 0.6) is 0 Å². The number of amides is 1. The zero-order chi connectivity index (χ0) is 13.8. The third kappa shape index (κ3) is 3.09. The molecule has 1 amide bonds. The van der Waals surface area contributed by atoms with Gasteiger partial charge in [0.1, 0.15) is 5.82 Å². The van der Waals surface area contributed by atoms with Crippen molar-refractivity contribution in [2.24, 2.45) is 0 Å². The minimum absolute atomic E-state index is 0.262. The molecule has 2 rings (SSSR count). The molecule has 1 saturated heterocycles. The number of hydrogen-bond donors (Lipinski definition) is 2. The number of carboxylic acid groups (broad SMARTS) is 1. The maximum Gasteiger partial charge on any atom is 0.408 e. The van der Waals surface area contributed by atoms with Gasteiger partial charge in [-0.05, 0) is 25.3 Å². The minimum Gasteiger partial charge on any atom is -0.465 e. The maximum absolute atomic E-state index is 11.1. The smallest absolute Gasteiger partial charge is 0.408 e. The molecule has 19 heavy (non-hydrogen) atoms. The van der Waals surface area contributed by atoms with E-state index in [0.29, 0.717) is 17.1 Å². The van der Waals surface area contributed by atoms with Crippen molar-refractivity contribution in [2.75, 3.05) is 12.3 Å². The van der Waals surface area contributed by atoms with Crippen molar-refractivity contribution in [1.29, 1.82) is 0 Å². The van der Waals surface area contributed by atoms with Crippen LogP contribution >= 0.6 is 11.6 Å². The molecule has 0 spiro atoms. The van der Waals surface area contributed by atoms with Crippen LogP contribution in [0.1, 0.15) is 24.8 Å². The van der Waals surface area contributed by atoms with Gasteiger partial charge in [0.15, 0.2) is 0 Å². The lowest BCUT2D eigenvalue weighted by molar-refractivity contribution is 0.122. The Morgan fingerprint density at radius 3 is 3.05 bits per heavy atom. The Balaban J connectivity index is 2.25. The van der Waals surface area contributed by atoms with Gasteiger partial charge in [0.05, 0.1) is 16.6 Å². The number of anilines is 1. The summed E-state index contributed by atoms with van der Waals surface area (Å²) in [6.07, 6.45) is 3.15. The first kappa shape index (κ1) is 13.5. The SMILES string of the molecule is Nc1nccc(Cl)c1C#CC1CCCCN1C(=O)O. The van der Waals surface area contributed by atoms with E-state index < -0.39 is 6.09 Å². The van der Waals surface area contributed by atoms with Gasteiger partial charge >= 0.3 is 6.09 Å². The van der Waals surface area contributed by atoms with Crippen LogP contribution in [0.2, 0.25) is 5.02 Å². The van der Waals surface area contributed by atoms with E-state index in [0.717, 1.165) is 19.3 Å². The van der Waals surface area contributed by atoms with Crippen LogP contribution in [0.25, 0.3) is 0 Å². The van der Waals surface area contributed by atoms with Crippen molar-refractivity contribution >= 4 is 23.5 Å². The predicted octanol–water partition coefficient (Wildman–Crippen LogP) is 2.20. The molecular formula is C13H14ClN3O2. The summed E-state index contributed by atoms with van der Waals surface area (Å²) in [5.74, 6) is 6.06. The summed E-state index contributed by atoms with van der Waals surface area (Å²) in [4.78, 5) is 16.4. The van der Waals surface area contributed by atoms with E-state index in [2.05, 4.69) is 16.8 Å². The molecule has 1 aliphatic heterocycles. The number of pyridine rings is 1. The van der Waals surface area contributed by atoms with Gasteiger partial charge in [-0.3, -0.25) is 4.90 Å². The molecule has 6 heteroatoms. The number of nitrogen functional groups attached to an aromatic ring is 1. The average molecular weight is 280 g/mol. The van der Waals surface area contributed by atoms with Crippen molar-refractivity contribution < 1.29 is 9.90 Å². The Bertz CT molecular complexity index is 530. The van der Waals surface area contributed by atoms with Crippen LogP contribution < -0.4 is 5.73 Å². The van der Waals surface area contributed by atoms with Crippen molar-refractivity contribution in [2.45, 2.75) is 25.3 Å². The Kier molecular flexibility index (Phi) is 4.13. The summed E-state index contributed by atoms with van der Waals surface area (Å²) in [6, 6.07) is 1.31. The molecule has 1 aromatic heterocycles. The molecule has 1 aromatic rings. The molecule has 0 aliphatic carbocycles. The second-order valence-electron chi connectivity index (χ2n) is 4.31. The van der Waals surface area contributed by atoms with Crippen LogP contribution in [0, 0.1) is 11.8 Å². The fraction of sp³-hybridized carbons (Fsp3) is 0.385. The summed E-state index contributed by atoms with van der Waals surface area (Å²) in [5, 5.41) is 9.54. The highest BCUT2D eigenvalue weighted by Crippen LogP contribution is 2.20. The maximum atomic E-state index is 11.1. The highest BCUT2D eigenvalue weighted by molar-refractivity contribution is 6.32. The van der Waals surface area contributed by atoms with Gasteiger partial charge in [0, 0.05) is 12.7 Å². The number of halogens is 1. The second-order valence-corrected chi connectivity index (χ2v) is 4.72. The largest absolute Gasteiger partial charge is 0.465 e. The molecule has 0 aromatic carbocycles. The third-order valence-electron chi connectivity index (χ3n) is 3.04. The first-order valence-electron chi connectivity index (χ1n) is 6.00. The number of hydrogen-bond acceptors (Lipinski definition) is 3. The molecule has 1 atom stereocenters. The number of likely N-dealkylation sites (tertiary alicyclic amines) is 1. The quantitative estimate of drug-likeness (QED) is 0.714. The van der Waals surface area contributed by atoms with Crippen LogP contribution in [0.15, 0.2) is 12.3 Å². The van der Waals surface area contributed by atoms with Gasteiger partial charge in [-0.25, -0.2) is 9.78 Å². The van der Waals surface area contributed by atoms with E-state index in [1.165, 1.54) is 11.1 Å². The molecule has 5 nitrogen and oxygen atoms in total. The average Bonchev–Trinajstić information content (AvgIpc) is 2.38. The molecule has 0 saturated carbocycles. The molecule has 0 bridgehead atoms. The van der Waals surface area contributed by atoms with Crippen molar-refractivity contribution in [3.05, 3.63) is 22.8 Å². The lowest BCUT2D eigenvalue weighted by Gasteiger charge is -2.29. The van der Waals surface area contributed by atoms with Crippen LogP contribution in [-0.2, 0) is 0 Å². The molecule has 1 fully saturated rings. The summed E-state index contributed by atoms with van der Waals surface area (Å²) in [6.45, 7) is 0.519. The summed E-state index contributed by atoms with van der Waals surface area (Å²) < 4.78 is 0. The summed E-state index contributed by atoms with van der Waals surface area (Å²) in [5.41, 5.74) is 6.16. The second kappa shape index (κ2) is 5.81. The normalized spacial score (nSPS) is 18.6. The van der Waals surface area contributed by atoms with Crippen molar-refractivity contribution in [3.63, 3.8) is 0 Å². The summed E-state index contributed by atoms with van der Waals surface area (Å²) >= 11 is 5.99. The lowest BCUT2D eigenvalue weighted by atomic mass is 10.0. The zero-order valence-electron chi connectivity index (χ0n) is 10.3. The van der Waals surface area contributed by atoms with E-state index >= 15 is 0 Å². The van der Waals surface area contributed by atoms with E-state index in [4.69, 9.17) is 22.4 Å².